The Balaban J connectivity index is 1.99. The number of aliphatic hydroxyl groups is 1. The van der Waals surface area contributed by atoms with E-state index < -0.39 is 0 Å². The van der Waals surface area contributed by atoms with E-state index in [0.717, 1.165) is 32.5 Å². The molecule has 1 aliphatic heterocycles. The molecular weight excluding hydrogens is 294 g/mol. The minimum absolute atomic E-state index is 0.0408. The third-order valence-corrected chi connectivity index (χ3v) is 5.11. The summed E-state index contributed by atoms with van der Waals surface area (Å²) >= 11 is 0. The fraction of sp³-hybridized carbons (Fsp3) is 0.941. The fourth-order valence-electron chi connectivity index (χ4n) is 3.80. The molecule has 2 amide bonds. The Morgan fingerprint density at radius 3 is 2.61 bits per heavy atom. The van der Waals surface area contributed by atoms with E-state index in [2.05, 4.69) is 29.4 Å². The second-order valence-electron chi connectivity index (χ2n) is 7.73. The summed E-state index contributed by atoms with van der Waals surface area (Å²) in [5.74, 6) is 0. The van der Waals surface area contributed by atoms with Crippen LogP contribution in [-0.2, 0) is 4.74 Å². The zero-order chi connectivity index (χ0) is 16.9. The molecule has 1 atom stereocenters. The molecule has 1 heterocycles. The van der Waals surface area contributed by atoms with Crippen LogP contribution in [0.1, 0.15) is 52.9 Å². The number of hydrogen-bond donors (Lipinski definition) is 3. The molecule has 0 aromatic rings. The van der Waals surface area contributed by atoms with Crippen LogP contribution in [0.2, 0.25) is 0 Å². The molecule has 0 aromatic carbocycles. The minimum atomic E-state index is -0.223. The first-order valence-electron chi connectivity index (χ1n) is 8.91. The Hall–Kier alpha value is -0.850. The summed E-state index contributed by atoms with van der Waals surface area (Å²) in [7, 11) is 0. The number of ether oxygens (including phenoxy) is 1. The number of aliphatic hydroxyl groups excluding tert-OH is 1. The quantitative estimate of drug-likeness (QED) is 0.715. The number of hydrogen-bond acceptors (Lipinski definition) is 4. The Labute approximate surface area is 139 Å². The second kappa shape index (κ2) is 7.81. The van der Waals surface area contributed by atoms with Gasteiger partial charge in [0.2, 0.25) is 0 Å². The topological polar surface area (TPSA) is 73.8 Å². The van der Waals surface area contributed by atoms with Crippen LogP contribution in [0.4, 0.5) is 4.79 Å². The largest absolute Gasteiger partial charge is 0.394 e. The first-order valence-corrected chi connectivity index (χ1v) is 8.91. The summed E-state index contributed by atoms with van der Waals surface area (Å²) in [6.45, 7) is 9.27. The summed E-state index contributed by atoms with van der Waals surface area (Å²) in [6.07, 6.45) is 5.96. The molecule has 0 unspecified atom stereocenters. The molecule has 2 aliphatic rings. The maximum Gasteiger partial charge on any atom is 0.315 e. The number of morpholine rings is 1. The number of carbonyl (C=O) groups excluding carboxylic acids is 1. The van der Waals surface area contributed by atoms with Gasteiger partial charge in [-0.05, 0) is 33.6 Å². The van der Waals surface area contributed by atoms with Crippen molar-refractivity contribution in [3.63, 3.8) is 0 Å². The highest BCUT2D eigenvalue weighted by atomic mass is 16.5. The van der Waals surface area contributed by atoms with Crippen LogP contribution in [0, 0.1) is 0 Å². The number of carbonyl (C=O) groups is 1. The Kier molecular flexibility index (Phi) is 6.28. The van der Waals surface area contributed by atoms with E-state index in [1.165, 1.54) is 19.3 Å². The van der Waals surface area contributed by atoms with Gasteiger partial charge in [0, 0.05) is 25.2 Å². The molecule has 1 saturated heterocycles. The van der Waals surface area contributed by atoms with E-state index in [-0.39, 0.29) is 29.8 Å². The van der Waals surface area contributed by atoms with Crippen LogP contribution in [0.5, 0.6) is 0 Å². The highest BCUT2D eigenvalue weighted by molar-refractivity contribution is 5.74. The lowest BCUT2D eigenvalue weighted by Gasteiger charge is -2.51. The molecule has 3 N–H and O–H groups in total. The van der Waals surface area contributed by atoms with E-state index in [0.29, 0.717) is 6.54 Å². The van der Waals surface area contributed by atoms with Crippen molar-refractivity contribution in [3.05, 3.63) is 0 Å². The predicted molar refractivity (Wildman–Crippen MR) is 90.5 cm³/mol. The normalized spacial score (nSPS) is 25.6. The van der Waals surface area contributed by atoms with Crippen molar-refractivity contribution in [2.75, 3.05) is 32.8 Å². The van der Waals surface area contributed by atoms with Gasteiger partial charge >= 0.3 is 6.03 Å². The maximum absolute atomic E-state index is 12.0. The van der Waals surface area contributed by atoms with Gasteiger partial charge in [-0.15, -0.1) is 0 Å². The maximum atomic E-state index is 12.0. The van der Waals surface area contributed by atoms with Gasteiger partial charge in [0.15, 0.2) is 0 Å². The smallest absolute Gasteiger partial charge is 0.315 e. The predicted octanol–water partition coefficient (Wildman–Crippen LogP) is 1.48. The van der Waals surface area contributed by atoms with Crippen LogP contribution in [0.15, 0.2) is 0 Å². The summed E-state index contributed by atoms with van der Waals surface area (Å²) in [6, 6.07) is -0.413. The Morgan fingerprint density at radius 1 is 1.30 bits per heavy atom. The Morgan fingerprint density at radius 2 is 2.00 bits per heavy atom. The van der Waals surface area contributed by atoms with Crippen LogP contribution in [-0.4, -0.2) is 66.1 Å². The summed E-state index contributed by atoms with van der Waals surface area (Å²) in [4.78, 5) is 14.6. The summed E-state index contributed by atoms with van der Waals surface area (Å²) in [5.41, 5.74) is -0.0878. The second-order valence-corrected chi connectivity index (χ2v) is 7.73. The van der Waals surface area contributed by atoms with Crippen molar-refractivity contribution < 1.29 is 14.6 Å². The van der Waals surface area contributed by atoms with E-state index >= 15 is 0 Å². The van der Waals surface area contributed by atoms with E-state index in [4.69, 9.17) is 9.84 Å². The molecule has 0 aromatic heterocycles. The molecule has 0 radical (unpaired) electrons. The molecule has 6 nitrogen and oxygen atoms in total. The lowest BCUT2D eigenvalue weighted by Crippen LogP contribution is -2.63. The monoisotopic (exact) mass is 327 g/mol. The van der Waals surface area contributed by atoms with Crippen LogP contribution in [0.3, 0.4) is 0 Å². The number of rotatable bonds is 5. The van der Waals surface area contributed by atoms with Crippen molar-refractivity contribution in [1.29, 1.82) is 0 Å². The molecule has 6 heteroatoms. The SMILES string of the molecule is C[C@@H](CO)NC(=O)NCC1(N2CCOC(C)(C)C2)CCCCC1. The van der Waals surface area contributed by atoms with Crippen LogP contribution < -0.4 is 10.6 Å². The van der Waals surface area contributed by atoms with Gasteiger partial charge < -0.3 is 20.5 Å². The first-order chi connectivity index (χ1) is 10.9. The molecule has 1 saturated carbocycles. The lowest BCUT2D eigenvalue weighted by atomic mass is 9.79. The van der Waals surface area contributed by atoms with E-state index in [9.17, 15) is 4.79 Å². The van der Waals surface area contributed by atoms with Gasteiger partial charge in [0.25, 0.3) is 0 Å². The molecule has 2 fully saturated rings. The lowest BCUT2D eigenvalue weighted by molar-refractivity contribution is -0.122. The minimum Gasteiger partial charge on any atom is -0.394 e. The zero-order valence-corrected chi connectivity index (χ0v) is 14.9. The van der Waals surface area contributed by atoms with Crippen molar-refractivity contribution in [2.45, 2.75) is 70.1 Å². The molecule has 1 aliphatic carbocycles. The Bertz CT molecular complexity index is 395. The summed E-state index contributed by atoms with van der Waals surface area (Å²) in [5, 5.41) is 14.8. The van der Waals surface area contributed by atoms with Gasteiger partial charge in [0.1, 0.15) is 0 Å². The number of amides is 2. The van der Waals surface area contributed by atoms with Gasteiger partial charge in [-0.3, -0.25) is 4.90 Å². The molecule has 2 rings (SSSR count). The number of nitrogens with zero attached hydrogens (tertiary/aromatic N) is 1. The van der Waals surface area contributed by atoms with Crippen molar-refractivity contribution >= 4 is 6.03 Å². The zero-order valence-electron chi connectivity index (χ0n) is 14.9. The number of urea groups is 1. The highest BCUT2D eigenvalue weighted by Crippen LogP contribution is 2.35. The van der Waals surface area contributed by atoms with Crippen molar-refractivity contribution in [3.8, 4) is 0 Å². The molecule has 0 bridgehead atoms. The molecule has 0 spiro atoms. The van der Waals surface area contributed by atoms with Gasteiger partial charge in [-0.2, -0.15) is 0 Å². The van der Waals surface area contributed by atoms with Gasteiger partial charge in [0.05, 0.1) is 24.9 Å². The highest BCUT2D eigenvalue weighted by Gasteiger charge is 2.42. The summed E-state index contributed by atoms with van der Waals surface area (Å²) < 4.78 is 5.85. The van der Waals surface area contributed by atoms with E-state index in [1.54, 1.807) is 6.92 Å². The first kappa shape index (κ1) is 18.5. The number of nitrogens with one attached hydrogen (secondary N) is 2. The van der Waals surface area contributed by atoms with E-state index in [1.807, 2.05) is 0 Å². The van der Waals surface area contributed by atoms with Crippen LogP contribution in [0.25, 0.3) is 0 Å². The average molecular weight is 327 g/mol. The molecule has 134 valence electrons. The average Bonchev–Trinajstić information content (AvgIpc) is 2.53. The van der Waals surface area contributed by atoms with Gasteiger partial charge in [-0.1, -0.05) is 19.3 Å². The van der Waals surface area contributed by atoms with Gasteiger partial charge in [-0.25, -0.2) is 4.79 Å². The molecule has 23 heavy (non-hydrogen) atoms. The van der Waals surface area contributed by atoms with Crippen LogP contribution >= 0.6 is 0 Å². The van der Waals surface area contributed by atoms with Crippen molar-refractivity contribution in [2.24, 2.45) is 0 Å². The third-order valence-electron chi connectivity index (χ3n) is 5.11. The van der Waals surface area contributed by atoms with Crippen molar-refractivity contribution in [1.82, 2.24) is 15.5 Å². The fourth-order valence-corrected chi connectivity index (χ4v) is 3.80. The third kappa shape index (κ3) is 5.06. The standard InChI is InChI=1S/C17H33N3O3/c1-14(11-21)19-15(22)18-12-17(7-5-4-6-8-17)20-9-10-23-16(2,3)13-20/h14,21H,4-13H2,1-3H3,(H2,18,19,22)/t14-/m0/s1. The molecular formula is C17H33N3O3.